The molecule has 3 rings (SSSR count). The van der Waals surface area contributed by atoms with Crippen LogP contribution in [-0.4, -0.2) is 29.0 Å². The molecule has 2 saturated heterocycles. The van der Waals surface area contributed by atoms with Crippen LogP contribution in [-0.2, 0) is 5.41 Å². The van der Waals surface area contributed by atoms with E-state index in [1.54, 1.807) is 12.4 Å². The number of piperidine rings is 1. The van der Waals surface area contributed by atoms with E-state index in [0.717, 1.165) is 18.4 Å². The molecule has 0 spiro atoms. The van der Waals surface area contributed by atoms with Crippen LogP contribution in [0.5, 0.6) is 0 Å². The number of nitriles is 2. The van der Waals surface area contributed by atoms with E-state index in [0.29, 0.717) is 17.6 Å². The highest BCUT2D eigenvalue weighted by molar-refractivity contribution is 5.38. The van der Waals surface area contributed by atoms with Crippen molar-refractivity contribution in [2.75, 3.05) is 7.05 Å². The van der Waals surface area contributed by atoms with Gasteiger partial charge in [0.15, 0.2) is 0 Å². The highest BCUT2D eigenvalue weighted by Gasteiger charge is 2.48. The van der Waals surface area contributed by atoms with Gasteiger partial charge in [-0.05, 0) is 44.4 Å². The van der Waals surface area contributed by atoms with E-state index < -0.39 is 5.41 Å². The van der Waals surface area contributed by atoms with E-state index in [1.165, 1.54) is 12.8 Å². The topological polar surface area (TPSA) is 63.7 Å². The molecule has 96 valence electrons. The van der Waals surface area contributed by atoms with Gasteiger partial charge in [-0.25, -0.2) is 0 Å². The summed E-state index contributed by atoms with van der Waals surface area (Å²) in [6.45, 7) is 0. The van der Waals surface area contributed by atoms with Gasteiger partial charge in [-0.2, -0.15) is 10.5 Å². The fraction of sp³-hybridized carbons (Fsp3) is 0.533. The summed E-state index contributed by atoms with van der Waals surface area (Å²) in [4.78, 5) is 6.54. The van der Waals surface area contributed by atoms with Gasteiger partial charge in [0.25, 0.3) is 0 Å². The Hall–Kier alpha value is -1.91. The number of hydrogen-bond donors (Lipinski definition) is 0. The minimum absolute atomic E-state index is 0.460. The molecular weight excluding hydrogens is 236 g/mol. The lowest BCUT2D eigenvalue weighted by Crippen LogP contribution is -2.47. The maximum Gasteiger partial charge on any atom is 0.101 e. The highest BCUT2D eigenvalue weighted by Crippen LogP contribution is 2.46. The van der Waals surface area contributed by atoms with Gasteiger partial charge in [0, 0.05) is 24.5 Å². The van der Waals surface area contributed by atoms with Crippen LogP contribution >= 0.6 is 0 Å². The Labute approximate surface area is 113 Å². The third kappa shape index (κ3) is 1.80. The molecule has 2 bridgehead atoms. The van der Waals surface area contributed by atoms with Gasteiger partial charge >= 0.3 is 0 Å². The third-order valence-corrected chi connectivity index (χ3v) is 4.79. The summed E-state index contributed by atoms with van der Waals surface area (Å²) in [7, 11) is 2.16. The van der Waals surface area contributed by atoms with Crippen molar-refractivity contribution in [2.24, 2.45) is 0 Å². The Kier molecular flexibility index (Phi) is 2.77. The predicted molar refractivity (Wildman–Crippen MR) is 70.1 cm³/mol. The predicted octanol–water partition coefficient (Wildman–Crippen LogP) is 1.97. The summed E-state index contributed by atoms with van der Waals surface area (Å²) >= 11 is 0. The zero-order valence-electron chi connectivity index (χ0n) is 11.0. The lowest BCUT2D eigenvalue weighted by molar-refractivity contribution is 0.135. The number of pyridine rings is 1. The molecule has 4 heteroatoms. The maximum absolute atomic E-state index is 9.73. The summed E-state index contributed by atoms with van der Waals surface area (Å²) < 4.78 is 0. The first-order chi connectivity index (χ1) is 9.18. The highest BCUT2D eigenvalue weighted by atomic mass is 15.2. The first kappa shape index (κ1) is 12.1. The SMILES string of the molecule is CN1C2CCC1CC(C#N)(c1cncc(C#N)c1)C2. The van der Waals surface area contributed by atoms with Crippen molar-refractivity contribution < 1.29 is 0 Å². The van der Waals surface area contributed by atoms with E-state index in [4.69, 9.17) is 5.26 Å². The second kappa shape index (κ2) is 4.33. The minimum Gasteiger partial charge on any atom is -0.300 e. The molecule has 0 amide bonds. The molecule has 2 unspecified atom stereocenters. The van der Waals surface area contributed by atoms with Gasteiger partial charge in [0.2, 0.25) is 0 Å². The third-order valence-electron chi connectivity index (χ3n) is 4.79. The van der Waals surface area contributed by atoms with Crippen molar-refractivity contribution >= 4 is 0 Å². The zero-order chi connectivity index (χ0) is 13.5. The van der Waals surface area contributed by atoms with Crippen LogP contribution in [0.25, 0.3) is 0 Å². The van der Waals surface area contributed by atoms with Crippen molar-refractivity contribution in [2.45, 2.75) is 43.2 Å². The molecule has 0 radical (unpaired) electrons. The van der Waals surface area contributed by atoms with E-state index in [9.17, 15) is 5.26 Å². The quantitative estimate of drug-likeness (QED) is 0.766. The molecule has 0 N–H and O–H groups in total. The van der Waals surface area contributed by atoms with Gasteiger partial charge < -0.3 is 4.90 Å². The molecule has 0 aliphatic carbocycles. The van der Waals surface area contributed by atoms with Crippen LogP contribution in [0.2, 0.25) is 0 Å². The second-order valence-electron chi connectivity index (χ2n) is 5.73. The van der Waals surface area contributed by atoms with E-state index in [1.807, 2.05) is 6.07 Å². The van der Waals surface area contributed by atoms with Crippen LogP contribution in [0.1, 0.15) is 36.8 Å². The molecule has 3 heterocycles. The van der Waals surface area contributed by atoms with Crippen LogP contribution in [0.15, 0.2) is 18.5 Å². The Bertz CT molecular complexity index is 567. The van der Waals surface area contributed by atoms with Gasteiger partial charge in [-0.15, -0.1) is 0 Å². The largest absolute Gasteiger partial charge is 0.300 e. The van der Waals surface area contributed by atoms with Crippen LogP contribution in [0.4, 0.5) is 0 Å². The Morgan fingerprint density at radius 1 is 1.26 bits per heavy atom. The average Bonchev–Trinajstić information content (AvgIpc) is 2.69. The first-order valence-electron chi connectivity index (χ1n) is 6.67. The second-order valence-corrected chi connectivity index (χ2v) is 5.73. The Morgan fingerprint density at radius 2 is 1.95 bits per heavy atom. The number of hydrogen-bond acceptors (Lipinski definition) is 4. The lowest BCUT2D eigenvalue weighted by atomic mass is 9.71. The minimum atomic E-state index is -0.460. The molecule has 2 aliphatic rings. The van der Waals surface area contributed by atoms with Crippen LogP contribution < -0.4 is 0 Å². The van der Waals surface area contributed by atoms with Crippen LogP contribution in [0, 0.1) is 22.7 Å². The molecule has 1 aromatic rings. The van der Waals surface area contributed by atoms with E-state index in [-0.39, 0.29) is 0 Å². The molecular formula is C15H16N4. The monoisotopic (exact) mass is 252 g/mol. The number of fused-ring (bicyclic) bond motifs is 2. The number of aromatic nitrogens is 1. The van der Waals surface area contributed by atoms with Gasteiger partial charge in [0.05, 0.1) is 17.0 Å². The molecule has 2 aliphatic heterocycles. The van der Waals surface area contributed by atoms with E-state index >= 15 is 0 Å². The fourth-order valence-electron chi connectivity index (χ4n) is 3.62. The molecule has 2 fully saturated rings. The van der Waals surface area contributed by atoms with Gasteiger partial charge in [0.1, 0.15) is 6.07 Å². The first-order valence-corrected chi connectivity index (χ1v) is 6.67. The number of nitrogens with zero attached hydrogens (tertiary/aromatic N) is 4. The summed E-state index contributed by atoms with van der Waals surface area (Å²) in [5, 5.41) is 18.7. The zero-order valence-corrected chi connectivity index (χ0v) is 11.0. The molecule has 0 saturated carbocycles. The summed E-state index contributed by atoms with van der Waals surface area (Å²) in [6, 6.07) is 7.46. The van der Waals surface area contributed by atoms with Crippen molar-refractivity contribution in [3.8, 4) is 12.1 Å². The summed E-state index contributed by atoms with van der Waals surface area (Å²) in [5.41, 5.74) is 0.996. The standard InChI is InChI=1S/C15H16N4/c1-19-13-2-3-14(19)6-15(5-13,10-17)12-4-11(7-16)8-18-9-12/h4,8-9,13-14H,2-3,5-6H2,1H3. The molecule has 2 atom stereocenters. The van der Waals surface area contributed by atoms with Crippen molar-refractivity contribution in [1.82, 2.24) is 9.88 Å². The normalized spacial score (nSPS) is 33.6. The average molecular weight is 252 g/mol. The molecule has 0 aromatic carbocycles. The van der Waals surface area contributed by atoms with Gasteiger partial charge in [-0.1, -0.05) is 0 Å². The Balaban J connectivity index is 2.01. The Morgan fingerprint density at radius 3 is 2.53 bits per heavy atom. The molecule has 19 heavy (non-hydrogen) atoms. The summed E-state index contributed by atoms with van der Waals surface area (Å²) in [5.74, 6) is 0. The molecule has 4 nitrogen and oxygen atoms in total. The van der Waals surface area contributed by atoms with Crippen molar-refractivity contribution in [3.63, 3.8) is 0 Å². The summed E-state index contributed by atoms with van der Waals surface area (Å²) in [6.07, 6.45) is 7.37. The maximum atomic E-state index is 9.73. The smallest absolute Gasteiger partial charge is 0.101 e. The van der Waals surface area contributed by atoms with Crippen LogP contribution in [0.3, 0.4) is 0 Å². The van der Waals surface area contributed by atoms with Crippen molar-refractivity contribution in [3.05, 3.63) is 29.6 Å². The van der Waals surface area contributed by atoms with Crippen molar-refractivity contribution in [1.29, 1.82) is 10.5 Å². The van der Waals surface area contributed by atoms with E-state index in [2.05, 4.69) is 29.1 Å². The fourth-order valence-corrected chi connectivity index (χ4v) is 3.62. The lowest BCUT2D eigenvalue weighted by Gasteiger charge is -2.41. The number of rotatable bonds is 1. The van der Waals surface area contributed by atoms with Gasteiger partial charge in [-0.3, -0.25) is 4.98 Å². The molecule has 1 aromatic heterocycles.